The smallest absolute Gasteiger partial charge is 0.191 e. The highest BCUT2D eigenvalue weighted by molar-refractivity contribution is 14.0. The Morgan fingerprint density at radius 2 is 1.92 bits per heavy atom. The fraction of sp³-hybridized carbons (Fsp3) is 0.650. The second-order valence-electron chi connectivity index (χ2n) is 6.51. The first-order valence-corrected chi connectivity index (χ1v) is 9.66. The van der Waals surface area contributed by atoms with Crippen molar-refractivity contribution in [2.75, 3.05) is 39.8 Å². The molecule has 0 bridgehead atoms. The van der Waals surface area contributed by atoms with Crippen molar-refractivity contribution in [3.63, 3.8) is 0 Å². The number of methoxy groups -OCH3 is 1. The van der Waals surface area contributed by atoms with E-state index in [9.17, 15) is 0 Å². The Hall–Kier alpha value is -1.02. The number of hydrogen-bond acceptors (Lipinski definition) is 3. The molecule has 5 nitrogen and oxygen atoms in total. The van der Waals surface area contributed by atoms with Gasteiger partial charge < -0.3 is 15.4 Å². The molecule has 0 saturated carbocycles. The summed E-state index contributed by atoms with van der Waals surface area (Å²) in [6, 6.07) is 8.75. The molecule has 26 heavy (non-hydrogen) atoms. The molecule has 0 aromatic heterocycles. The number of aliphatic imine (C=N–C) groups is 1. The van der Waals surface area contributed by atoms with E-state index < -0.39 is 0 Å². The maximum atomic E-state index is 5.42. The molecule has 1 aliphatic rings. The van der Waals surface area contributed by atoms with Gasteiger partial charge in [0.25, 0.3) is 0 Å². The molecule has 2 rings (SSSR count). The maximum Gasteiger partial charge on any atom is 0.191 e. The molecule has 148 valence electrons. The van der Waals surface area contributed by atoms with Gasteiger partial charge in [0.1, 0.15) is 5.75 Å². The highest BCUT2D eigenvalue weighted by Crippen LogP contribution is 2.17. The number of nitrogens with zero attached hydrogens (tertiary/aromatic N) is 2. The number of guanidine groups is 1. The highest BCUT2D eigenvalue weighted by atomic mass is 127. The van der Waals surface area contributed by atoms with Crippen molar-refractivity contribution in [2.24, 2.45) is 4.99 Å². The van der Waals surface area contributed by atoms with Gasteiger partial charge in [-0.1, -0.05) is 25.1 Å². The van der Waals surface area contributed by atoms with E-state index in [0.717, 1.165) is 44.2 Å². The lowest BCUT2D eigenvalue weighted by molar-refractivity contribution is 0.242. The van der Waals surface area contributed by atoms with Crippen LogP contribution < -0.4 is 15.4 Å². The Labute approximate surface area is 176 Å². The summed E-state index contributed by atoms with van der Waals surface area (Å²) >= 11 is 0. The zero-order valence-electron chi connectivity index (χ0n) is 16.5. The summed E-state index contributed by atoms with van der Waals surface area (Å²) < 4.78 is 5.42. The topological polar surface area (TPSA) is 48.9 Å². The molecular weight excluding hydrogens is 439 g/mol. The lowest BCUT2D eigenvalue weighted by Gasteiger charge is -2.25. The van der Waals surface area contributed by atoms with E-state index in [0.29, 0.717) is 6.04 Å². The maximum absolute atomic E-state index is 5.42. The van der Waals surface area contributed by atoms with Crippen LogP contribution in [-0.2, 0) is 6.42 Å². The van der Waals surface area contributed by atoms with Crippen molar-refractivity contribution in [2.45, 2.75) is 45.6 Å². The van der Waals surface area contributed by atoms with E-state index in [2.05, 4.69) is 41.5 Å². The van der Waals surface area contributed by atoms with Crippen LogP contribution in [0.2, 0.25) is 0 Å². The van der Waals surface area contributed by atoms with Crippen LogP contribution in [0, 0.1) is 0 Å². The Morgan fingerprint density at radius 3 is 2.58 bits per heavy atom. The summed E-state index contributed by atoms with van der Waals surface area (Å²) in [5.41, 5.74) is 1.22. The SMILES string of the molecule is CCNC(=NCC(CC)N1CCCC1)NCCc1ccccc1OC.I. The van der Waals surface area contributed by atoms with Gasteiger partial charge in [0, 0.05) is 19.1 Å². The average molecular weight is 474 g/mol. The van der Waals surface area contributed by atoms with Crippen LogP contribution in [0.1, 0.15) is 38.7 Å². The van der Waals surface area contributed by atoms with Gasteiger partial charge >= 0.3 is 0 Å². The summed E-state index contributed by atoms with van der Waals surface area (Å²) in [6.07, 6.45) is 4.73. The fourth-order valence-electron chi connectivity index (χ4n) is 3.37. The lowest BCUT2D eigenvalue weighted by atomic mass is 10.1. The fourth-order valence-corrected chi connectivity index (χ4v) is 3.37. The van der Waals surface area contributed by atoms with Crippen molar-refractivity contribution in [1.29, 1.82) is 0 Å². The molecule has 0 radical (unpaired) electrons. The van der Waals surface area contributed by atoms with Crippen LogP contribution in [0.15, 0.2) is 29.3 Å². The molecule has 6 heteroatoms. The van der Waals surface area contributed by atoms with Gasteiger partial charge in [-0.3, -0.25) is 9.89 Å². The molecular formula is C20H35IN4O. The first kappa shape index (κ1) is 23.0. The lowest BCUT2D eigenvalue weighted by Crippen LogP contribution is -2.40. The second-order valence-corrected chi connectivity index (χ2v) is 6.51. The van der Waals surface area contributed by atoms with Crippen molar-refractivity contribution < 1.29 is 4.74 Å². The van der Waals surface area contributed by atoms with E-state index in [1.54, 1.807) is 7.11 Å². The largest absolute Gasteiger partial charge is 0.496 e. The molecule has 0 aliphatic carbocycles. The molecule has 1 unspecified atom stereocenters. The van der Waals surface area contributed by atoms with Gasteiger partial charge in [0.2, 0.25) is 0 Å². The van der Waals surface area contributed by atoms with Crippen LogP contribution in [0.5, 0.6) is 5.75 Å². The van der Waals surface area contributed by atoms with Gasteiger partial charge in [0.05, 0.1) is 13.7 Å². The third kappa shape index (κ3) is 7.31. The summed E-state index contributed by atoms with van der Waals surface area (Å²) in [7, 11) is 1.72. The highest BCUT2D eigenvalue weighted by Gasteiger charge is 2.20. The van der Waals surface area contributed by atoms with E-state index in [1.165, 1.54) is 31.5 Å². The van der Waals surface area contributed by atoms with Crippen molar-refractivity contribution in [1.82, 2.24) is 15.5 Å². The number of hydrogen-bond donors (Lipinski definition) is 2. The number of nitrogens with one attached hydrogen (secondary N) is 2. The number of ether oxygens (including phenoxy) is 1. The second kappa shape index (κ2) is 13.2. The number of rotatable bonds is 9. The first-order chi connectivity index (χ1) is 12.3. The monoisotopic (exact) mass is 474 g/mol. The summed E-state index contributed by atoms with van der Waals surface area (Å²) in [5, 5.41) is 6.81. The molecule has 1 aromatic rings. The van der Waals surface area contributed by atoms with E-state index >= 15 is 0 Å². The first-order valence-electron chi connectivity index (χ1n) is 9.66. The van der Waals surface area contributed by atoms with Gasteiger partial charge in [-0.15, -0.1) is 24.0 Å². The van der Waals surface area contributed by atoms with Gasteiger partial charge in [-0.05, 0) is 57.3 Å². The number of benzene rings is 1. The predicted molar refractivity (Wildman–Crippen MR) is 121 cm³/mol. The van der Waals surface area contributed by atoms with Gasteiger partial charge in [-0.25, -0.2) is 0 Å². The van der Waals surface area contributed by atoms with Gasteiger partial charge in [0.15, 0.2) is 5.96 Å². The normalized spacial score (nSPS) is 16.0. The zero-order valence-corrected chi connectivity index (χ0v) is 18.8. The third-order valence-corrected chi connectivity index (χ3v) is 4.81. The Balaban J connectivity index is 0.00000338. The van der Waals surface area contributed by atoms with Crippen LogP contribution >= 0.6 is 24.0 Å². The van der Waals surface area contributed by atoms with Crippen LogP contribution in [-0.4, -0.2) is 56.7 Å². The number of likely N-dealkylation sites (tertiary alicyclic amines) is 1. The molecule has 2 N–H and O–H groups in total. The van der Waals surface area contributed by atoms with Crippen LogP contribution in [0.3, 0.4) is 0 Å². The minimum absolute atomic E-state index is 0. The van der Waals surface area contributed by atoms with Crippen LogP contribution in [0.4, 0.5) is 0 Å². The van der Waals surface area contributed by atoms with Crippen molar-refractivity contribution in [3.05, 3.63) is 29.8 Å². The molecule has 1 heterocycles. The molecule has 1 atom stereocenters. The quantitative estimate of drug-likeness (QED) is 0.328. The third-order valence-electron chi connectivity index (χ3n) is 4.81. The Bertz CT molecular complexity index is 532. The minimum Gasteiger partial charge on any atom is -0.496 e. The van der Waals surface area contributed by atoms with Crippen molar-refractivity contribution in [3.8, 4) is 5.75 Å². The van der Waals surface area contributed by atoms with Crippen molar-refractivity contribution >= 4 is 29.9 Å². The molecule has 1 fully saturated rings. The molecule has 1 saturated heterocycles. The average Bonchev–Trinajstić information content (AvgIpc) is 3.17. The molecule has 0 spiro atoms. The van der Waals surface area contributed by atoms with E-state index in [4.69, 9.17) is 9.73 Å². The van der Waals surface area contributed by atoms with E-state index in [-0.39, 0.29) is 24.0 Å². The standard InChI is InChI=1S/C20H34N4O.HI/c1-4-18(24-14-8-9-15-24)16-23-20(21-5-2)22-13-12-17-10-6-7-11-19(17)25-3;/h6-7,10-11,18H,4-5,8-9,12-16H2,1-3H3,(H2,21,22,23);1H. The van der Waals surface area contributed by atoms with Gasteiger partial charge in [-0.2, -0.15) is 0 Å². The predicted octanol–water partition coefficient (Wildman–Crippen LogP) is 3.29. The molecule has 1 aliphatic heterocycles. The molecule has 1 aromatic carbocycles. The molecule has 0 amide bonds. The van der Waals surface area contributed by atoms with E-state index in [1.807, 2.05) is 12.1 Å². The number of halogens is 1. The Kier molecular flexibility index (Phi) is 11.7. The summed E-state index contributed by atoms with van der Waals surface area (Å²) in [6.45, 7) is 9.40. The number of para-hydroxylation sites is 1. The summed E-state index contributed by atoms with van der Waals surface area (Å²) in [4.78, 5) is 7.41. The minimum atomic E-state index is 0. The Morgan fingerprint density at radius 1 is 1.19 bits per heavy atom. The summed E-state index contributed by atoms with van der Waals surface area (Å²) in [5.74, 6) is 1.86. The van der Waals surface area contributed by atoms with Crippen LogP contribution in [0.25, 0.3) is 0 Å². The zero-order chi connectivity index (χ0) is 17.9.